The van der Waals surface area contributed by atoms with Gasteiger partial charge in [-0.2, -0.15) is 8.42 Å². The van der Waals surface area contributed by atoms with Gasteiger partial charge in [0.2, 0.25) is 5.91 Å². The molecular weight excluding hydrogens is 594 g/mol. The van der Waals surface area contributed by atoms with E-state index in [9.17, 15) is 22.9 Å². The van der Waals surface area contributed by atoms with Crippen molar-refractivity contribution in [1.29, 1.82) is 0 Å². The minimum Gasteiger partial charge on any atom is -0.387 e. The highest BCUT2D eigenvalue weighted by Gasteiger charge is 2.24. The van der Waals surface area contributed by atoms with Crippen molar-refractivity contribution in [3.8, 4) is 0 Å². The van der Waals surface area contributed by atoms with Gasteiger partial charge in [0, 0.05) is 6.42 Å². The highest BCUT2D eigenvalue weighted by atomic mass is 32.2. The van der Waals surface area contributed by atoms with E-state index < -0.39 is 28.0 Å². The number of carbonyl (C=O) groups is 1. The van der Waals surface area contributed by atoms with Crippen LogP contribution in [0.1, 0.15) is 174 Å². The fourth-order valence-electron chi connectivity index (χ4n) is 5.40. The molecule has 46 heavy (non-hydrogen) atoms. The first-order valence-electron chi connectivity index (χ1n) is 18.8. The predicted octanol–water partition coefficient (Wildman–Crippen LogP) is 10.7. The number of rotatable bonds is 33. The highest BCUT2D eigenvalue weighted by molar-refractivity contribution is 7.85. The van der Waals surface area contributed by atoms with Gasteiger partial charge in [0.15, 0.2) is 0 Å². The average molecular weight is 666 g/mol. The number of hydrogen-bond donors (Lipinski definition) is 3. The summed E-state index contributed by atoms with van der Waals surface area (Å²) in [6.07, 6.45) is 43.8. The second-order valence-corrected chi connectivity index (χ2v) is 14.4. The third-order valence-electron chi connectivity index (χ3n) is 8.25. The second kappa shape index (κ2) is 33.2. The summed E-state index contributed by atoms with van der Waals surface area (Å²) in [5, 5.41) is 13.1. The Hall–Kier alpha value is -1.70. The number of allylic oxidation sites excluding steroid dienone is 7. The van der Waals surface area contributed by atoms with Gasteiger partial charge in [-0.25, -0.2) is 0 Å². The Labute approximate surface area is 284 Å². The molecule has 6 nitrogen and oxygen atoms in total. The van der Waals surface area contributed by atoms with Gasteiger partial charge in [-0.1, -0.05) is 159 Å². The number of amides is 1. The van der Waals surface area contributed by atoms with Crippen LogP contribution in [-0.2, 0) is 14.9 Å². The summed E-state index contributed by atoms with van der Waals surface area (Å²) in [7, 11) is -4.34. The fraction of sp³-hybridized carbons (Fsp3) is 0.769. The summed E-state index contributed by atoms with van der Waals surface area (Å²) in [6.45, 7) is 4.47. The molecule has 3 N–H and O–H groups in total. The summed E-state index contributed by atoms with van der Waals surface area (Å²) in [4.78, 5) is 12.4. The highest BCUT2D eigenvalue weighted by Crippen LogP contribution is 2.12. The van der Waals surface area contributed by atoms with Crippen LogP contribution in [0.5, 0.6) is 0 Å². The maximum atomic E-state index is 12.4. The summed E-state index contributed by atoms with van der Waals surface area (Å²) >= 11 is 0. The Bertz CT molecular complexity index is 909. The minimum absolute atomic E-state index is 0.280. The summed E-state index contributed by atoms with van der Waals surface area (Å²) in [6, 6.07) is -1.06. The van der Waals surface area contributed by atoms with Gasteiger partial charge in [0.1, 0.15) is 0 Å². The maximum absolute atomic E-state index is 12.4. The molecule has 0 radical (unpaired) electrons. The molecule has 0 fully saturated rings. The quantitative estimate of drug-likeness (QED) is 0.0368. The molecule has 0 aromatic heterocycles. The lowest BCUT2D eigenvalue weighted by Gasteiger charge is -2.21. The predicted molar refractivity (Wildman–Crippen MR) is 198 cm³/mol. The Balaban J connectivity index is 3.96. The zero-order valence-electron chi connectivity index (χ0n) is 29.7. The molecule has 0 aromatic rings. The number of carbonyl (C=O) groups excluding carboxylic acids is 1. The van der Waals surface area contributed by atoms with Crippen LogP contribution in [0, 0.1) is 0 Å². The molecule has 0 saturated carbocycles. The van der Waals surface area contributed by atoms with Crippen LogP contribution < -0.4 is 5.32 Å². The van der Waals surface area contributed by atoms with E-state index in [-0.39, 0.29) is 12.3 Å². The zero-order valence-corrected chi connectivity index (χ0v) is 30.5. The van der Waals surface area contributed by atoms with E-state index >= 15 is 0 Å². The van der Waals surface area contributed by atoms with E-state index in [0.717, 1.165) is 64.2 Å². The van der Waals surface area contributed by atoms with Gasteiger partial charge in [0.05, 0.1) is 17.9 Å². The Morgan fingerprint density at radius 1 is 0.587 bits per heavy atom. The van der Waals surface area contributed by atoms with Crippen molar-refractivity contribution in [2.45, 2.75) is 187 Å². The van der Waals surface area contributed by atoms with Crippen molar-refractivity contribution in [2.75, 3.05) is 5.75 Å². The molecule has 0 aliphatic rings. The molecule has 0 rings (SSSR count). The summed E-state index contributed by atoms with van der Waals surface area (Å²) < 4.78 is 32.3. The molecule has 2 unspecified atom stereocenters. The molecule has 0 aromatic carbocycles. The van der Waals surface area contributed by atoms with Crippen molar-refractivity contribution < 1.29 is 22.9 Å². The summed E-state index contributed by atoms with van der Waals surface area (Å²) in [5.74, 6) is -0.999. The van der Waals surface area contributed by atoms with Crippen LogP contribution in [-0.4, -0.2) is 41.9 Å². The number of unbranched alkanes of at least 4 members (excludes halogenated alkanes) is 19. The van der Waals surface area contributed by atoms with Gasteiger partial charge >= 0.3 is 0 Å². The van der Waals surface area contributed by atoms with Gasteiger partial charge in [-0.05, 0) is 57.8 Å². The second-order valence-electron chi connectivity index (χ2n) is 12.9. The van der Waals surface area contributed by atoms with Crippen LogP contribution in [0.4, 0.5) is 0 Å². The maximum Gasteiger partial charge on any atom is 0.267 e. The van der Waals surface area contributed by atoms with Crippen LogP contribution in [0.25, 0.3) is 0 Å². The first kappa shape index (κ1) is 44.3. The molecule has 7 heteroatoms. The lowest BCUT2D eigenvalue weighted by atomic mass is 10.1. The third kappa shape index (κ3) is 33.7. The number of nitrogens with one attached hydrogen (secondary N) is 1. The first-order chi connectivity index (χ1) is 22.3. The van der Waals surface area contributed by atoms with Crippen molar-refractivity contribution in [3.63, 3.8) is 0 Å². The average Bonchev–Trinajstić information content (AvgIpc) is 3.01. The van der Waals surface area contributed by atoms with E-state index in [1.54, 1.807) is 6.08 Å². The van der Waals surface area contributed by atoms with Crippen LogP contribution >= 0.6 is 0 Å². The molecule has 0 bridgehead atoms. The van der Waals surface area contributed by atoms with E-state index in [0.29, 0.717) is 0 Å². The monoisotopic (exact) mass is 666 g/mol. The van der Waals surface area contributed by atoms with E-state index in [4.69, 9.17) is 0 Å². The SMILES string of the molecule is CCCCCCC/C=C\C/C=C\C/C=C\CCCCCCCCC(=O)NC(CS(=O)(=O)O)C(O)/C=C/CCCCCCCCCC. The topological polar surface area (TPSA) is 104 Å². The molecule has 0 aliphatic carbocycles. The van der Waals surface area contributed by atoms with Crippen LogP contribution in [0.3, 0.4) is 0 Å². The Morgan fingerprint density at radius 2 is 0.978 bits per heavy atom. The fourth-order valence-corrected chi connectivity index (χ4v) is 6.13. The number of aliphatic hydroxyl groups excluding tert-OH is 1. The lowest BCUT2D eigenvalue weighted by molar-refractivity contribution is -0.122. The molecule has 0 spiro atoms. The molecule has 0 heterocycles. The third-order valence-corrected chi connectivity index (χ3v) is 9.03. The number of aliphatic hydroxyl groups is 1. The molecule has 0 saturated heterocycles. The van der Waals surface area contributed by atoms with Gasteiger partial charge in [-0.15, -0.1) is 0 Å². The van der Waals surface area contributed by atoms with E-state index in [1.165, 1.54) is 89.9 Å². The Morgan fingerprint density at radius 3 is 1.43 bits per heavy atom. The molecule has 0 aliphatic heterocycles. The van der Waals surface area contributed by atoms with Gasteiger partial charge in [-0.3, -0.25) is 9.35 Å². The van der Waals surface area contributed by atoms with Crippen LogP contribution in [0.15, 0.2) is 48.6 Å². The van der Waals surface area contributed by atoms with Crippen molar-refractivity contribution in [1.82, 2.24) is 5.32 Å². The van der Waals surface area contributed by atoms with Crippen molar-refractivity contribution >= 4 is 16.0 Å². The van der Waals surface area contributed by atoms with E-state index in [2.05, 4.69) is 55.6 Å². The minimum atomic E-state index is -4.34. The summed E-state index contributed by atoms with van der Waals surface area (Å²) in [5.41, 5.74) is 0. The van der Waals surface area contributed by atoms with Gasteiger partial charge < -0.3 is 10.4 Å². The molecular formula is C39H71NO5S. The normalized spacial score (nSPS) is 13.9. The van der Waals surface area contributed by atoms with Crippen LogP contribution in [0.2, 0.25) is 0 Å². The smallest absolute Gasteiger partial charge is 0.267 e. The first-order valence-corrected chi connectivity index (χ1v) is 20.4. The number of hydrogen-bond acceptors (Lipinski definition) is 4. The molecule has 2 atom stereocenters. The van der Waals surface area contributed by atoms with Crippen molar-refractivity contribution in [2.24, 2.45) is 0 Å². The van der Waals surface area contributed by atoms with E-state index in [1.807, 2.05) is 6.08 Å². The lowest BCUT2D eigenvalue weighted by Crippen LogP contribution is -2.46. The Kier molecular flexibility index (Phi) is 32.0. The standard InChI is InChI=1S/C39H71NO5S/c1-3-5-7-9-11-13-15-16-17-18-19-20-21-22-23-24-25-27-29-31-33-35-39(42)40-37(36-46(43,44)45)38(41)34-32-30-28-26-14-12-10-8-6-4-2/h15-16,18-19,21-22,32,34,37-38,41H,3-14,17,20,23-31,33,35-36H2,1-2H3,(H,40,42)(H,43,44,45)/b16-15-,19-18-,22-21-,34-32+. The van der Waals surface area contributed by atoms with Crippen molar-refractivity contribution in [3.05, 3.63) is 48.6 Å². The zero-order chi connectivity index (χ0) is 34.0. The van der Waals surface area contributed by atoms with Gasteiger partial charge in [0.25, 0.3) is 10.1 Å². The largest absolute Gasteiger partial charge is 0.387 e. The molecule has 268 valence electrons. The molecule has 1 amide bonds.